The lowest BCUT2D eigenvalue weighted by atomic mass is 10.2. The number of rotatable bonds is 6. The molecule has 0 aromatic heterocycles. The van der Waals surface area contributed by atoms with Gasteiger partial charge in [-0.05, 0) is 32.2 Å². The lowest BCUT2D eigenvalue weighted by Crippen LogP contribution is -2.36. The third-order valence-corrected chi connectivity index (χ3v) is 4.15. The summed E-state index contributed by atoms with van der Waals surface area (Å²) in [6.07, 6.45) is 0. The van der Waals surface area contributed by atoms with Crippen LogP contribution in [0, 0.1) is 0 Å². The number of hydrogen-bond donors (Lipinski definition) is 3. The van der Waals surface area contributed by atoms with Crippen LogP contribution in [0.2, 0.25) is 0 Å². The van der Waals surface area contributed by atoms with Crippen molar-refractivity contribution in [3.05, 3.63) is 18.2 Å². The Labute approximate surface area is 119 Å². The topological polar surface area (TPSA) is 105 Å². The highest BCUT2D eigenvalue weighted by Gasteiger charge is 2.20. The van der Waals surface area contributed by atoms with Crippen molar-refractivity contribution in [2.75, 3.05) is 37.8 Å². The minimum absolute atomic E-state index is 0.0480. The zero-order valence-electron chi connectivity index (χ0n) is 11.8. The van der Waals surface area contributed by atoms with Crippen molar-refractivity contribution in [2.24, 2.45) is 0 Å². The first kappa shape index (κ1) is 16.3. The van der Waals surface area contributed by atoms with E-state index in [9.17, 15) is 13.2 Å². The van der Waals surface area contributed by atoms with Crippen LogP contribution in [-0.4, -0.2) is 41.5 Å². The molecule has 0 radical (unpaired) electrons. The highest BCUT2D eigenvalue weighted by Crippen LogP contribution is 2.26. The number of carbonyl (C=O) groups is 1. The zero-order valence-corrected chi connectivity index (χ0v) is 12.6. The first-order valence-corrected chi connectivity index (χ1v) is 7.61. The van der Waals surface area contributed by atoms with Gasteiger partial charge >= 0.3 is 0 Å². The molecule has 1 rings (SSSR count). The van der Waals surface area contributed by atoms with E-state index in [0.717, 1.165) is 0 Å². The highest BCUT2D eigenvalue weighted by molar-refractivity contribution is 7.89. The molecule has 0 fully saturated rings. The van der Waals surface area contributed by atoms with E-state index in [4.69, 9.17) is 5.73 Å². The number of benzene rings is 1. The van der Waals surface area contributed by atoms with Gasteiger partial charge in [0.15, 0.2) is 0 Å². The Kier molecular flexibility index (Phi) is 5.34. The molecule has 112 valence electrons. The first-order chi connectivity index (χ1) is 9.31. The maximum absolute atomic E-state index is 12.0. The van der Waals surface area contributed by atoms with Gasteiger partial charge in [-0.3, -0.25) is 4.79 Å². The molecule has 0 heterocycles. The van der Waals surface area contributed by atoms with Gasteiger partial charge in [-0.15, -0.1) is 0 Å². The normalized spacial score (nSPS) is 11.2. The fourth-order valence-corrected chi connectivity index (χ4v) is 2.74. The summed E-state index contributed by atoms with van der Waals surface area (Å²) < 4.78 is 26.2. The van der Waals surface area contributed by atoms with Crippen LogP contribution in [0.1, 0.15) is 6.92 Å². The molecule has 8 heteroatoms. The average molecular weight is 300 g/mol. The number of nitrogens with zero attached hydrogens (tertiary/aromatic N) is 1. The molecule has 7 nitrogen and oxygen atoms in total. The maximum atomic E-state index is 12.0. The van der Waals surface area contributed by atoms with E-state index in [2.05, 4.69) is 10.0 Å². The minimum Gasteiger partial charge on any atom is -0.399 e. The summed E-state index contributed by atoms with van der Waals surface area (Å²) in [5, 5.41) is 2.66. The van der Waals surface area contributed by atoms with Crippen LogP contribution in [0.5, 0.6) is 0 Å². The summed E-state index contributed by atoms with van der Waals surface area (Å²) in [6, 6.07) is 4.55. The zero-order chi connectivity index (χ0) is 15.3. The molecule has 0 unspecified atom stereocenters. The van der Waals surface area contributed by atoms with E-state index in [-0.39, 0.29) is 17.3 Å². The molecule has 0 aliphatic rings. The Morgan fingerprint density at radius 2 is 2.05 bits per heavy atom. The van der Waals surface area contributed by atoms with Gasteiger partial charge in [0.1, 0.15) is 4.90 Å². The standard InChI is InChI=1S/C12H20N4O3S/c1-4-15-12(17)8-16(3)10-6-5-9(13)7-11(10)20(18,19)14-2/h5-7,14H,4,8,13H2,1-3H3,(H,15,17). The van der Waals surface area contributed by atoms with Crippen molar-refractivity contribution < 1.29 is 13.2 Å². The summed E-state index contributed by atoms with van der Waals surface area (Å²) in [6.45, 7) is 2.40. The number of hydrogen-bond acceptors (Lipinski definition) is 5. The van der Waals surface area contributed by atoms with Crippen LogP contribution >= 0.6 is 0 Å². The van der Waals surface area contributed by atoms with E-state index in [1.807, 2.05) is 6.92 Å². The number of carbonyl (C=O) groups excluding carboxylic acids is 1. The number of likely N-dealkylation sites (N-methyl/N-ethyl adjacent to an activating group) is 2. The van der Waals surface area contributed by atoms with E-state index in [0.29, 0.717) is 17.9 Å². The molecule has 0 bridgehead atoms. The van der Waals surface area contributed by atoms with Crippen molar-refractivity contribution in [1.82, 2.24) is 10.0 Å². The van der Waals surface area contributed by atoms with Crippen LogP contribution < -0.4 is 20.7 Å². The molecule has 0 saturated carbocycles. The van der Waals surface area contributed by atoms with Crippen LogP contribution in [0.3, 0.4) is 0 Å². The average Bonchev–Trinajstić information content (AvgIpc) is 2.38. The predicted molar refractivity (Wildman–Crippen MR) is 79.1 cm³/mol. The maximum Gasteiger partial charge on any atom is 0.242 e. The van der Waals surface area contributed by atoms with Gasteiger partial charge in [0.25, 0.3) is 0 Å². The number of nitrogens with two attached hydrogens (primary N) is 1. The van der Waals surface area contributed by atoms with Gasteiger partial charge in [-0.2, -0.15) is 0 Å². The van der Waals surface area contributed by atoms with Gasteiger partial charge in [0.2, 0.25) is 15.9 Å². The molecule has 1 aromatic carbocycles. The molecular formula is C12H20N4O3S. The highest BCUT2D eigenvalue weighted by atomic mass is 32.2. The molecule has 1 amide bonds. The van der Waals surface area contributed by atoms with E-state index >= 15 is 0 Å². The summed E-state index contributed by atoms with van der Waals surface area (Å²) in [4.78, 5) is 13.2. The van der Waals surface area contributed by atoms with Gasteiger partial charge in [-0.25, -0.2) is 13.1 Å². The Morgan fingerprint density at radius 3 is 2.60 bits per heavy atom. The van der Waals surface area contributed by atoms with Crippen molar-refractivity contribution in [2.45, 2.75) is 11.8 Å². The molecule has 0 aliphatic carbocycles. The molecule has 0 atom stereocenters. The molecule has 0 spiro atoms. The van der Waals surface area contributed by atoms with Gasteiger partial charge < -0.3 is 16.0 Å². The van der Waals surface area contributed by atoms with E-state index < -0.39 is 10.0 Å². The van der Waals surface area contributed by atoms with Crippen molar-refractivity contribution >= 4 is 27.3 Å². The second-order valence-electron chi connectivity index (χ2n) is 4.24. The smallest absolute Gasteiger partial charge is 0.242 e. The van der Waals surface area contributed by atoms with Gasteiger partial charge in [0.05, 0.1) is 12.2 Å². The van der Waals surface area contributed by atoms with Crippen molar-refractivity contribution in [3.63, 3.8) is 0 Å². The Hall–Kier alpha value is -1.80. The Balaban J connectivity index is 3.15. The van der Waals surface area contributed by atoms with Gasteiger partial charge in [0, 0.05) is 19.3 Å². The summed E-state index contributed by atoms with van der Waals surface area (Å²) >= 11 is 0. The monoisotopic (exact) mass is 300 g/mol. The Morgan fingerprint density at radius 1 is 1.40 bits per heavy atom. The van der Waals surface area contributed by atoms with Crippen LogP contribution in [0.25, 0.3) is 0 Å². The minimum atomic E-state index is -3.65. The van der Waals surface area contributed by atoms with Crippen LogP contribution in [-0.2, 0) is 14.8 Å². The SMILES string of the molecule is CCNC(=O)CN(C)c1ccc(N)cc1S(=O)(=O)NC. The summed E-state index contributed by atoms with van der Waals surface area (Å²) in [5.41, 5.74) is 6.40. The second kappa shape index (κ2) is 6.58. The molecule has 4 N–H and O–H groups in total. The molecule has 0 saturated heterocycles. The third kappa shape index (κ3) is 3.84. The number of nitrogens with one attached hydrogen (secondary N) is 2. The van der Waals surface area contributed by atoms with Crippen LogP contribution in [0.4, 0.5) is 11.4 Å². The lowest BCUT2D eigenvalue weighted by Gasteiger charge is -2.22. The van der Waals surface area contributed by atoms with Gasteiger partial charge in [-0.1, -0.05) is 0 Å². The summed E-state index contributed by atoms with van der Waals surface area (Å²) in [7, 11) is -0.674. The number of sulfonamides is 1. The van der Waals surface area contributed by atoms with E-state index in [1.165, 1.54) is 13.1 Å². The third-order valence-electron chi connectivity index (χ3n) is 2.71. The molecule has 0 aliphatic heterocycles. The quantitative estimate of drug-likeness (QED) is 0.628. The second-order valence-corrected chi connectivity index (χ2v) is 6.10. The van der Waals surface area contributed by atoms with Crippen LogP contribution in [0.15, 0.2) is 23.1 Å². The number of nitrogen functional groups attached to an aromatic ring is 1. The predicted octanol–water partition coefficient (Wildman–Crippen LogP) is -0.251. The molecule has 1 aromatic rings. The van der Waals surface area contributed by atoms with E-state index in [1.54, 1.807) is 24.1 Å². The largest absolute Gasteiger partial charge is 0.399 e. The lowest BCUT2D eigenvalue weighted by molar-refractivity contribution is -0.119. The summed E-state index contributed by atoms with van der Waals surface area (Å²) in [5.74, 6) is -0.181. The first-order valence-electron chi connectivity index (χ1n) is 6.12. The fraction of sp³-hybridized carbons (Fsp3) is 0.417. The number of anilines is 2. The fourth-order valence-electron chi connectivity index (χ4n) is 1.72. The number of amides is 1. The molecule has 20 heavy (non-hydrogen) atoms. The van der Waals surface area contributed by atoms with Crippen molar-refractivity contribution in [3.8, 4) is 0 Å². The Bertz CT molecular complexity index is 586. The molecular weight excluding hydrogens is 280 g/mol. The van der Waals surface area contributed by atoms with Crippen molar-refractivity contribution in [1.29, 1.82) is 0 Å².